The van der Waals surface area contributed by atoms with E-state index in [0.29, 0.717) is 11.1 Å². The Balaban J connectivity index is 1.86. The molecule has 0 bridgehead atoms. The Morgan fingerprint density at radius 3 is 2.14 bits per heavy atom. The molecule has 2 aromatic carbocycles. The van der Waals surface area contributed by atoms with E-state index in [0.717, 1.165) is 17.0 Å². The molecule has 1 aliphatic heterocycles. The fourth-order valence-electron chi connectivity index (χ4n) is 3.21. The second-order valence-electron chi connectivity index (χ2n) is 6.54. The van der Waals surface area contributed by atoms with Crippen LogP contribution >= 0.6 is 0 Å². The topological polar surface area (TPSA) is 83.6 Å². The molecule has 1 fully saturated rings. The van der Waals surface area contributed by atoms with Crippen LogP contribution in [-0.4, -0.2) is 31.0 Å². The lowest BCUT2D eigenvalue weighted by Crippen LogP contribution is -2.43. The summed E-state index contributed by atoms with van der Waals surface area (Å²) in [7, 11) is -4.73. The van der Waals surface area contributed by atoms with E-state index in [-0.39, 0.29) is 13.0 Å². The number of sulfone groups is 1. The second kappa shape index (κ2) is 7.51. The number of rotatable bonds is 6. The lowest BCUT2D eigenvalue weighted by molar-refractivity contribution is -0.132. The van der Waals surface area contributed by atoms with Gasteiger partial charge in [-0.3, -0.25) is 9.69 Å². The number of carbonyl (C=O) groups excluding carboxylic acids is 2. The molecule has 1 saturated heterocycles. The summed E-state index contributed by atoms with van der Waals surface area (Å²) in [4.78, 5) is 25.9. The molecule has 3 rings (SSSR count). The highest BCUT2D eigenvalue weighted by atomic mass is 32.2. The van der Waals surface area contributed by atoms with E-state index in [1.54, 1.807) is 6.92 Å². The molecule has 10 heteroatoms. The highest BCUT2D eigenvalue weighted by Gasteiger charge is 2.51. The minimum absolute atomic E-state index is 0.178. The summed E-state index contributed by atoms with van der Waals surface area (Å²) < 4.78 is 61.5. The number of benzene rings is 2. The summed E-state index contributed by atoms with van der Waals surface area (Å²) in [6, 6.07) is 9.10. The summed E-state index contributed by atoms with van der Waals surface area (Å²) in [5.74, 6) is -4.56. The molecule has 2 aromatic rings. The quantitative estimate of drug-likeness (QED) is 0.720. The Bertz CT molecular complexity index is 1040. The lowest BCUT2D eigenvalue weighted by atomic mass is 9.87. The Labute approximate surface area is 165 Å². The standard InChI is InChI=1S/C19H17F3N2O4S/c1-2-19(13-5-7-14(20)8-6-13)16(25)24(18(26)23-19)11-12-3-9-15(10-4-12)29(27,28)17(21)22/h3-10,17H,2,11H2,1H3,(H,23,26). The van der Waals surface area contributed by atoms with Crippen molar-refractivity contribution in [1.29, 1.82) is 0 Å². The van der Waals surface area contributed by atoms with Gasteiger partial charge < -0.3 is 5.32 Å². The number of hydrogen-bond acceptors (Lipinski definition) is 4. The molecule has 1 atom stereocenters. The van der Waals surface area contributed by atoms with Crippen LogP contribution in [0.4, 0.5) is 18.0 Å². The average Bonchev–Trinajstić information content (AvgIpc) is 2.94. The predicted octanol–water partition coefficient (Wildman–Crippen LogP) is 3.18. The van der Waals surface area contributed by atoms with E-state index >= 15 is 0 Å². The van der Waals surface area contributed by atoms with Crippen molar-refractivity contribution in [3.05, 3.63) is 65.5 Å². The summed E-state index contributed by atoms with van der Waals surface area (Å²) in [6.07, 6.45) is 0.227. The first-order valence-electron chi connectivity index (χ1n) is 8.63. The van der Waals surface area contributed by atoms with Gasteiger partial charge in [0, 0.05) is 0 Å². The third-order valence-corrected chi connectivity index (χ3v) is 6.27. The maximum absolute atomic E-state index is 13.2. The van der Waals surface area contributed by atoms with Crippen LogP contribution < -0.4 is 5.32 Å². The van der Waals surface area contributed by atoms with Crippen LogP contribution in [0.2, 0.25) is 0 Å². The monoisotopic (exact) mass is 426 g/mol. The van der Waals surface area contributed by atoms with Gasteiger partial charge in [0.2, 0.25) is 9.84 Å². The molecule has 0 saturated carbocycles. The zero-order chi connectivity index (χ0) is 21.4. The van der Waals surface area contributed by atoms with Crippen LogP contribution in [0, 0.1) is 5.82 Å². The number of nitrogens with zero attached hydrogens (tertiary/aromatic N) is 1. The highest BCUT2D eigenvalue weighted by Crippen LogP contribution is 2.33. The zero-order valence-electron chi connectivity index (χ0n) is 15.2. The molecule has 6 nitrogen and oxygen atoms in total. The summed E-state index contributed by atoms with van der Waals surface area (Å²) in [6.45, 7) is 1.53. The first-order chi connectivity index (χ1) is 13.6. The molecular weight excluding hydrogens is 409 g/mol. The SMILES string of the molecule is CCC1(c2ccc(F)cc2)NC(=O)N(Cc2ccc(S(=O)(=O)C(F)F)cc2)C1=O. The summed E-state index contributed by atoms with van der Waals surface area (Å²) in [5, 5.41) is 2.64. The maximum Gasteiger partial charge on any atom is 0.341 e. The summed E-state index contributed by atoms with van der Waals surface area (Å²) in [5.41, 5.74) is -0.530. The molecule has 0 spiro atoms. The molecule has 1 heterocycles. The number of imide groups is 1. The normalized spacial score (nSPS) is 19.7. The fraction of sp³-hybridized carbons (Fsp3) is 0.263. The largest absolute Gasteiger partial charge is 0.341 e. The highest BCUT2D eigenvalue weighted by molar-refractivity contribution is 7.91. The van der Waals surface area contributed by atoms with Gasteiger partial charge in [-0.25, -0.2) is 17.6 Å². The lowest BCUT2D eigenvalue weighted by Gasteiger charge is -2.25. The third kappa shape index (κ3) is 3.59. The molecular formula is C19H17F3N2O4S. The van der Waals surface area contributed by atoms with E-state index in [9.17, 15) is 31.2 Å². The molecule has 154 valence electrons. The maximum atomic E-state index is 13.2. The number of alkyl halides is 2. The Kier molecular flexibility index (Phi) is 5.40. The van der Waals surface area contributed by atoms with Crippen LogP contribution in [0.15, 0.2) is 53.4 Å². The van der Waals surface area contributed by atoms with Gasteiger partial charge in [-0.2, -0.15) is 8.78 Å². The Morgan fingerprint density at radius 1 is 1.03 bits per heavy atom. The molecule has 0 aromatic heterocycles. The van der Waals surface area contributed by atoms with Crippen molar-refractivity contribution in [2.45, 2.75) is 36.1 Å². The van der Waals surface area contributed by atoms with Crippen molar-refractivity contribution in [2.75, 3.05) is 0 Å². The van der Waals surface area contributed by atoms with Gasteiger partial charge >= 0.3 is 11.8 Å². The Hall–Kier alpha value is -2.88. The van der Waals surface area contributed by atoms with E-state index in [4.69, 9.17) is 0 Å². The molecule has 3 amide bonds. The smallest absolute Gasteiger partial charge is 0.319 e. The minimum Gasteiger partial charge on any atom is -0.319 e. The van der Waals surface area contributed by atoms with Crippen LogP contribution in [0.3, 0.4) is 0 Å². The van der Waals surface area contributed by atoms with E-state index in [2.05, 4.69) is 5.32 Å². The number of amides is 3. The van der Waals surface area contributed by atoms with Gasteiger partial charge in [0.15, 0.2) is 0 Å². The molecule has 29 heavy (non-hydrogen) atoms. The number of nitrogens with one attached hydrogen (secondary N) is 1. The molecule has 0 radical (unpaired) electrons. The molecule has 0 aliphatic carbocycles. The predicted molar refractivity (Wildman–Crippen MR) is 97.1 cm³/mol. The van der Waals surface area contributed by atoms with Crippen molar-refractivity contribution in [2.24, 2.45) is 0 Å². The molecule has 1 aliphatic rings. The van der Waals surface area contributed by atoms with Crippen LogP contribution in [0.25, 0.3) is 0 Å². The van der Waals surface area contributed by atoms with Gasteiger partial charge in [-0.1, -0.05) is 31.2 Å². The molecule has 1 N–H and O–H groups in total. The number of urea groups is 1. The van der Waals surface area contributed by atoms with Gasteiger partial charge in [-0.05, 0) is 41.8 Å². The second-order valence-corrected chi connectivity index (χ2v) is 8.45. The van der Waals surface area contributed by atoms with E-state index < -0.39 is 43.8 Å². The van der Waals surface area contributed by atoms with Crippen molar-refractivity contribution in [3.63, 3.8) is 0 Å². The molecule has 1 unspecified atom stereocenters. The average molecular weight is 426 g/mol. The first-order valence-corrected chi connectivity index (χ1v) is 10.2. The fourth-order valence-corrected chi connectivity index (χ4v) is 3.93. The van der Waals surface area contributed by atoms with Crippen LogP contribution in [0.1, 0.15) is 24.5 Å². The third-order valence-electron chi connectivity index (χ3n) is 4.87. The van der Waals surface area contributed by atoms with Crippen molar-refractivity contribution in [3.8, 4) is 0 Å². The minimum atomic E-state index is -4.73. The van der Waals surface area contributed by atoms with Gasteiger partial charge in [0.25, 0.3) is 5.91 Å². The van der Waals surface area contributed by atoms with Gasteiger partial charge in [0.05, 0.1) is 11.4 Å². The van der Waals surface area contributed by atoms with Gasteiger partial charge in [-0.15, -0.1) is 0 Å². The van der Waals surface area contributed by atoms with Crippen LogP contribution in [0.5, 0.6) is 0 Å². The van der Waals surface area contributed by atoms with E-state index in [1.165, 1.54) is 36.4 Å². The summed E-state index contributed by atoms with van der Waals surface area (Å²) >= 11 is 0. The Morgan fingerprint density at radius 2 is 1.62 bits per heavy atom. The first kappa shape index (κ1) is 20.8. The zero-order valence-corrected chi connectivity index (χ0v) is 16.0. The van der Waals surface area contributed by atoms with Crippen LogP contribution in [-0.2, 0) is 26.7 Å². The van der Waals surface area contributed by atoms with Crippen molar-refractivity contribution in [1.82, 2.24) is 10.2 Å². The van der Waals surface area contributed by atoms with Gasteiger partial charge in [0.1, 0.15) is 11.4 Å². The number of halogens is 3. The van der Waals surface area contributed by atoms with Crippen molar-refractivity contribution >= 4 is 21.8 Å². The number of hydrogen-bond donors (Lipinski definition) is 1. The van der Waals surface area contributed by atoms with Crippen molar-refractivity contribution < 1.29 is 31.2 Å². The van der Waals surface area contributed by atoms with E-state index in [1.807, 2.05) is 0 Å². The number of carbonyl (C=O) groups is 2.